The zero-order valence-corrected chi connectivity index (χ0v) is 16.3. The topological polar surface area (TPSA) is 65.1 Å². The van der Waals surface area contributed by atoms with Gasteiger partial charge in [-0.05, 0) is 39.1 Å². The second kappa shape index (κ2) is 9.19. The fourth-order valence-corrected chi connectivity index (χ4v) is 3.49. The number of piperazine rings is 1. The van der Waals surface area contributed by atoms with E-state index in [1.54, 1.807) is 11.8 Å². The van der Waals surface area contributed by atoms with E-state index in [4.69, 9.17) is 4.74 Å². The van der Waals surface area contributed by atoms with Crippen LogP contribution in [0.25, 0.3) is 0 Å². The highest BCUT2D eigenvalue weighted by Gasteiger charge is 2.31. The third-order valence-corrected chi connectivity index (χ3v) is 5.21. The van der Waals surface area contributed by atoms with Crippen LogP contribution in [-0.4, -0.2) is 80.6 Å². The third kappa shape index (κ3) is 5.20. The summed E-state index contributed by atoms with van der Waals surface area (Å²) in [6, 6.07) is 7.46. The molecule has 2 amide bonds. The van der Waals surface area contributed by atoms with Gasteiger partial charge in [0.2, 0.25) is 5.91 Å². The lowest BCUT2D eigenvalue weighted by atomic mass is 10.1. The highest BCUT2D eigenvalue weighted by Crippen LogP contribution is 2.33. The first-order chi connectivity index (χ1) is 13.0. The number of amides is 2. The molecule has 1 N–H and O–H groups in total. The molecule has 7 nitrogen and oxygen atoms in total. The van der Waals surface area contributed by atoms with Crippen LogP contribution in [0.1, 0.15) is 19.8 Å². The van der Waals surface area contributed by atoms with Crippen LogP contribution in [0.5, 0.6) is 5.75 Å². The highest BCUT2D eigenvalue weighted by molar-refractivity contribution is 6.00. The Hall–Kier alpha value is -2.12. The Morgan fingerprint density at radius 3 is 2.70 bits per heavy atom. The fraction of sp³-hybridized carbons (Fsp3) is 0.600. The fourth-order valence-electron chi connectivity index (χ4n) is 3.49. The zero-order chi connectivity index (χ0) is 19.2. The van der Waals surface area contributed by atoms with Gasteiger partial charge in [0.05, 0.1) is 5.69 Å². The van der Waals surface area contributed by atoms with Crippen LogP contribution < -0.4 is 15.0 Å². The Bertz CT molecular complexity index is 658. The Labute approximate surface area is 161 Å². The summed E-state index contributed by atoms with van der Waals surface area (Å²) >= 11 is 0. The van der Waals surface area contributed by atoms with Crippen molar-refractivity contribution in [2.45, 2.75) is 25.9 Å². The largest absolute Gasteiger partial charge is 0.479 e. The van der Waals surface area contributed by atoms with Gasteiger partial charge in [-0.3, -0.25) is 9.59 Å². The van der Waals surface area contributed by atoms with Crippen LogP contribution in [0.2, 0.25) is 0 Å². The molecular formula is C20H30N4O3. The van der Waals surface area contributed by atoms with Crippen molar-refractivity contribution >= 4 is 17.5 Å². The molecule has 0 bridgehead atoms. The minimum absolute atomic E-state index is 0.0159. The molecule has 0 spiro atoms. The normalized spacial score (nSPS) is 20.9. The number of fused-ring (bicyclic) bond motifs is 1. The number of carbonyl (C=O) groups is 2. The van der Waals surface area contributed by atoms with Crippen LogP contribution in [0.4, 0.5) is 5.69 Å². The first kappa shape index (κ1) is 19.6. The summed E-state index contributed by atoms with van der Waals surface area (Å²) in [7, 11) is 2.15. The molecular weight excluding hydrogens is 344 g/mol. The molecule has 1 aromatic carbocycles. The molecule has 0 aliphatic carbocycles. The van der Waals surface area contributed by atoms with Crippen molar-refractivity contribution in [3.63, 3.8) is 0 Å². The first-order valence-corrected chi connectivity index (χ1v) is 9.79. The molecule has 2 aliphatic heterocycles. The molecule has 2 aliphatic rings. The van der Waals surface area contributed by atoms with Crippen LogP contribution >= 0.6 is 0 Å². The summed E-state index contributed by atoms with van der Waals surface area (Å²) in [5.74, 6) is 0.576. The number of ether oxygens (including phenoxy) is 1. The Kier molecular flexibility index (Phi) is 6.68. The predicted molar refractivity (Wildman–Crippen MR) is 105 cm³/mol. The van der Waals surface area contributed by atoms with E-state index >= 15 is 0 Å². The molecule has 1 aromatic rings. The number of hydrogen-bond donors (Lipinski definition) is 1. The van der Waals surface area contributed by atoms with E-state index in [1.165, 1.54) is 0 Å². The number of anilines is 1. The molecule has 1 atom stereocenters. The van der Waals surface area contributed by atoms with Gasteiger partial charge in [-0.1, -0.05) is 12.1 Å². The summed E-state index contributed by atoms with van der Waals surface area (Å²) < 4.78 is 5.63. The Balaban J connectivity index is 1.39. The number of benzene rings is 1. The number of nitrogens with one attached hydrogen (secondary N) is 1. The van der Waals surface area contributed by atoms with Crippen LogP contribution in [0, 0.1) is 0 Å². The molecule has 148 valence electrons. The van der Waals surface area contributed by atoms with E-state index < -0.39 is 6.10 Å². The number of hydrogen-bond acceptors (Lipinski definition) is 5. The standard InChI is InChI=1S/C20H30N4O3/c1-16-20(26)24(17-6-3-4-7-18(17)27-16)11-8-19(25)21-9-5-10-23-14-12-22(2)13-15-23/h3-4,6-7,16H,5,8-15H2,1-2H3,(H,21,25). The predicted octanol–water partition coefficient (Wildman–Crippen LogP) is 0.944. The smallest absolute Gasteiger partial charge is 0.267 e. The average Bonchev–Trinajstić information content (AvgIpc) is 2.67. The van der Waals surface area contributed by atoms with Gasteiger partial charge in [-0.2, -0.15) is 0 Å². The zero-order valence-electron chi connectivity index (χ0n) is 16.3. The van der Waals surface area contributed by atoms with Crippen molar-refractivity contribution in [3.05, 3.63) is 24.3 Å². The minimum Gasteiger partial charge on any atom is -0.479 e. The molecule has 27 heavy (non-hydrogen) atoms. The van der Waals surface area contributed by atoms with Gasteiger partial charge >= 0.3 is 0 Å². The van der Waals surface area contributed by atoms with Crippen LogP contribution in [0.15, 0.2) is 24.3 Å². The summed E-state index contributed by atoms with van der Waals surface area (Å²) in [4.78, 5) is 31.0. The van der Waals surface area contributed by atoms with Gasteiger partial charge in [0.15, 0.2) is 6.10 Å². The van der Waals surface area contributed by atoms with Crippen molar-refractivity contribution in [2.75, 3.05) is 57.8 Å². The number of para-hydroxylation sites is 2. The third-order valence-electron chi connectivity index (χ3n) is 5.21. The van der Waals surface area contributed by atoms with E-state index in [2.05, 4.69) is 22.2 Å². The maximum Gasteiger partial charge on any atom is 0.267 e. The highest BCUT2D eigenvalue weighted by atomic mass is 16.5. The van der Waals surface area contributed by atoms with Gasteiger partial charge < -0.3 is 24.8 Å². The van der Waals surface area contributed by atoms with Crippen molar-refractivity contribution in [1.82, 2.24) is 15.1 Å². The summed E-state index contributed by atoms with van der Waals surface area (Å²) in [5, 5.41) is 2.98. The van der Waals surface area contributed by atoms with Gasteiger partial charge in [0.1, 0.15) is 5.75 Å². The molecule has 1 fully saturated rings. The molecule has 0 aromatic heterocycles. The molecule has 1 unspecified atom stereocenters. The number of nitrogens with zero attached hydrogens (tertiary/aromatic N) is 3. The molecule has 0 radical (unpaired) electrons. The summed E-state index contributed by atoms with van der Waals surface area (Å²) in [6.07, 6.45) is 0.721. The molecule has 2 heterocycles. The van der Waals surface area contributed by atoms with Crippen molar-refractivity contribution in [3.8, 4) is 5.75 Å². The lowest BCUT2D eigenvalue weighted by molar-refractivity contribution is -0.125. The Morgan fingerprint density at radius 2 is 1.93 bits per heavy atom. The summed E-state index contributed by atoms with van der Waals surface area (Å²) in [5.41, 5.74) is 0.739. The van der Waals surface area contributed by atoms with Gasteiger partial charge in [0.25, 0.3) is 5.91 Å². The van der Waals surface area contributed by atoms with Crippen LogP contribution in [0.3, 0.4) is 0 Å². The van der Waals surface area contributed by atoms with Crippen molar-refractivity contribution in [2.24, 2.45) is 0 Å². The van der Waals surface area contributed by atoms with Crippen LogP contribution in [-0.2, 0) is 9.59 Å². The van der Waals surface area contributed by atoms with Crippen molar-refractivity contribution in [1.29, 1.82) is 0 Å². The molecule has 1 saturated heterocycles. The van der Waals surface area contributed by atoms with Gasteiger partial charge in [-0.25, -0.2) is 0 Å². The lowest BCUT2D eigenvalue weighted by Crippen LogP contribution is -2.46. The maximum atomic E-state index is 12.4. The first-order valence-electron chi connectivity index (χ1n) is 9.79. The van der Waals surface area contributed by atoms with E-state index in [9.17, 15) is 9.59 Å². The summed E-state index contributed by atoms with van der Waals surface area (Å²) in [6.45, 7) is 8.22. The minimum atomic E-state index is -0.522. The monoisotopic (exact) mass is 374 g/mol. The SMILES string of the molecule is CC1Oc2ccccc2N(CCC(=O)NCCCN2CCN(C)CC2)C1=O. The second-order valence-electron chi connectivity index (χ2n) is 7.32. The number of rotatable bonds is 7. The number of likely N-dealkylation sites (N-methyl/N-ethyl adjacent to an activating group) is 1. The van der Waals surface area contributed by atoms with E-state index in [1.807, 2.05) is 24.3 Å². The second-order valence-corrected chi connectivity index (χ2v) is 7.32. The van der Waals surface area contributed by atoms with Crippen molar-refractivity contribution < 1.29 is 14.3 Å². The molecule has 0 saturated carbocycles. The van der Waals surface area contributed by atoms with E-state index in [-0.39, 0.29) is 11.8 Å². The average molecular weight is 374 g/mol. The quantitative estimate of drug-likeness (QED) is 0.720. The number of carbonyl (C=O) groups excluding carboxylic acids is 2. The molecule has 7 heteroatoms. The Morgan fingerprint density at radius 1 is 1.19 bits per heavy atom. The molecule has 3 rings (SSSR count). The van der Waals surface area contributed by atoms with Gasteiger partial charge in [-0.15, -0.1) is 0 Å². The lowest BCUT2D eigenvalue weighted by Gasteiger charge is -2.33. The van der Waals surface area contributed by atoms with Gasteiger partial charge in [0, 0.05) is 45.7 Å². The van der Waals surface area contributed by atoms with E-state index in [0.717, 1.165) is 44.8 Å². The van der Waals surface area contributed by atoms with E-state index in [0.29, 0.717) is 25.3 Å². The maximum absolute atomic E-state index is 12.4.